The third-order valence-electron chi connectivity index (χ3n) is 4.16. The second-order valence-corrected chi connectivity index (χ2v) is 8.57. The average Bonchev–Trinajstić information content (AvgIpc) is 3.45. The molecule has 0 aliphatic rings. The molecule has 0 aliphatic heterocycles. The van der Waals surface area contributed by atoms with Crippen LogP contribution >= 0.6 is 34.7 Å². The predicted octanol–water partition coefficient (Wildman–Crippen LogP) is 5.34. The van der Waals surface area contributed by atoms with Gasteiger partial charge in [-0.15, -0.1) is 21.5 Å². The van der Waals surface area contributed by atoms with Gasteiger partial charge in [0.25, 0.3) is 0 Å². The molecule has 29 heavy (non-hydrogen) atoms. The van der Waals surface area contributed by atoms with Crippen molar-refractivity contribution in [1.29, 1.82) is 0 Å². The van der Waals surface area contributed by atoms with Crippen molar-refractivity contribution in [2.75, 3.05) is 11.1 Å². The Kier molecular flexibility index (Phi) is 6.03. The lowest BCUT2D eigenvalue weighted by Crippen LogP contribution is -2.15. The van der Waals surface area contributed by atoms with Crippen LogP contribution in [0.2, 0.25) is 5.02 Å². The quantitative estimate of drug-likeness (QED) is 0.389. The van der Waals surface area contributed by atoms with Gasteiger partial charge in [-0.2, -0.15) is 0 Å². The highest BCUT2D eigenvalue weighted by atomic mass is 35.5. The van der Waals surface area contributed by atoms with Gasteiger partial charge in [0.2, 0.25) is 5.91 Å². The number of aromatic nitrogens is 3. The van der Waals surface area contributed by atoms with Gasteiger partial charge < -0.3 is 9.73 Å². The van der Waals surface area contributed by atoms with Gasteiger partial charge in [0.1, 0.15) is 5.76 Å². The number of anilines is 1. The first-order chi connectivity index (χ1) is 14.1. The number of benzene rings is 1. The number of aryl methyl sites for hydroxylation is 1. The molecule has 3 aromatic heterocycles. The lowest BCUT2D eigenvalue weighted by molar-refractivity contribution is -0.113. The molecule has 0 saturated carbocycles. The molecule has 0 saturated heterocycles. The molecule has 4 aromatic rings. The van der Waals surface area contributed by atoms with Crippen LogP contribution in [0, 0.1) is 6.92 Å². The Balaban J connectivity index is 1.51. The van der Waals surface area contributed by atoms with Gasteiger partial charge >= 0.3 is 0 Å². The summed E-state index contributed by atoms with van der Waals surface area (Å²) < 4.78 is 7.45. The molecule has 1 aromatic carbocycles. The van der Waals surface area contributed by atoms with Crippen molar-refractivity contribution in [3.8, 4) is 10.7 Å². The van der Waals surface area contributed by atoms with E-state index < -0.39 is 0 Å². The number of furan rings is 1. The van der Waals surface area contributed by atoms with Gasteiger partial charge in [-0.1, -0.05) is 35.5 Å². The zero-order valence-electron chi connectivity index (χ0n) is 15.5. The van der Waals surface area contributed by atoms with E-state index in [1.54, 1.807) is 29.7 Å². The Bertz CT molecular complexity index is 1110. The molecular formula is C20H17ClN4O2S2. The van der Waals surface area contributed by atoms with Crippen LogP contribution in [0.25, 0.3) is 10.7 Å². The number of thioether (sulfide) groups is 1. The zero-order chi connectivity index (χ0) is 20.2. The fourth-order valence-electron chi connectivity index (χ4n) is 2.73. The number of nitrogens with zero attached hydrogens (tertiary/aromatic N) is 3. The second-order valence-electron chi connectivity index (χ2n) is 6.25. The Labute approximate surface area is 180 Å². The summed E-state index contributed by atoms with van der Waals surface area (Å²) in [7, 11) is 0. The molecule has 9 heteroatoms. The van der Waals surface area contributed by atoms with Gasteiger partial charge in [-0.05, 0) is 48.2 Å². The number of amides is 1. The summed E-state index contributed by atoms with van der Waals surface area (Å²) in [6.45, 7) is 2.41. The predicted molar refractivity (Wildman–Crippen MR) is 117 cm³/mol. The molecule has 1 amide bonds. The lowest BCUT2D eigenvalue weighted by Gasteiger charge is -2.10. The number of rotatable bonds is 7. The molecule has 0 aliphatic carbocycles. The van der Waals surface area contributed by atoms with E-state index >= 15 is 0 Å². The SMILES string of the molecule is Cc1ccc(Cl)cc1NC(=O)CSc1nnc(-c2cccs2)n1Cc1ccco1. The van der Waals surface area contributed by atoms with Crippen molar-refractivity contribution in [2.24, 2.45) is 0 Å². The highest BCUT2D eigenvalue weighted by molar-refractivity contribution is 7.99. The van der Waals surface area contributed by atoms with Gasteiger partial charge in [-0.3, -0.25) is 9.36 Å². The maximum Gasteiger partial charge on any atom is 0.234 e. The summed E-state index contributed by atoms with van der Waals surface area (Å²) in [4.78, 5) is 13.5. The molecule has 0 atom stereocenters. The minimum Gasteiger partial charge on any atom is -0.467 e. The van der Waals surface area contributed by atoms with Gasteiger partial charge in [-0.25, -0.2) is 0 Å². The van der Waals surface area contributed by atoms with Crippen molar-refractivity contribution in [1.82, 2.24) is 14.8 Å². The van der Waals surface area contributed by atoms with Gasteiger partial charge in [0.05, 0.1) is 23.4 Å². The molecule has 6 nitrogen and oxygen atoms in total. The van der Waals surface area contributed by atoms with E-state index in [1.807, 2.05) is 47.2 Å². The lowest BCUT2D eigenvalue weighted by atomic mass is 10.2. The van der Waals surface area contributed by atoms with Crippen LogP contribution in [0.4, 0.5) is 5.69 Å². The number of carbonyl (C=O) groups excluding carboxylic acids is 1. The summed E-state index contributed by atoms with van der Waals surface area (Å²) in [5, 5.41) is 14.8. The molecule has 0 unspecified atom stereocenters. The van der Waals surface area contributed by atoms with Crippen LogP contribution < -0.4 is 5.32 Å². The van der Waals surface area contributed by atoms with E-state index in [0.29, 0.717) is 22.4 Å². The molecule has 0 spiro atoms. The van der Waals surface area contributed by atoms with Crippen LogP contribution in [0.15, 0.2) is 63.7 Å². The number of hydrogen-bond acceptors (Lipinski definition) is 6. The Hall–Kier alpha value is -2.55. The number of nitrogens with one attached hydrogen (secondary N) is 1. The van der Waals surface area contributed by atoms with Crippen molar-refractivity contribution in [3.63, 3.8) is 0 Å². The maximum absolute atomic E-state index is 12.5. The Morgan fingerprint density at radius 2 is 2.17 bits per heavy atom. The highest BCUT2D eigenvalue weighted by Gasteiger charge is 2.18. The Morgan fingerprint density at radius 3 is 2.93 bits per heavy atom. The first kappa shape index (κ1) is 19.8. The summed E-state index contributed by atoms with van der Waals surface area (Å²) in [6, 6.07) is 13.1. The normalized spacial score (nSPS) is 11.0. The highest BCUT2D eigenvalue weighted by Crippen LogP contribution is 2.28. The summed E-state index contributed by atoms with van der Waals surface area (Å²) in [5.74, 6) is 1.62. The van der Waals surface area contributed by atoms with Gasteiger partial charge in [0, 0.05) is 10.7 Å². The van der Waals surface area contributed by atoms with E-state index in [-0.39, 0.29) is 11.7 Å². The van der Waals surface area contributed by atoms with E-state index in [0.717, 1.165) is 22.0 Å². The molecule has 0 bridgehead atoms. The number of thiophene rings is 1. The van der Waals surface area contributed by atoms with Crippen LogP contribution in [-0.2, 0) is 11.3 Å². The Morgan fingerprint density at radius 1 is 1.28 bits per heavy atom. The maximum atomic E-state index is 12.5. The van der Waals surface area contributed by atoms with Crippen molar-refractivity contribution >= 4 is 46.3 Å². The minimum absolute atomic E-state index is 0.134. The summed E-state index contributed by atoms with van der Waals surface area (Å²) >= 11 is 8.95. The van der Waals surface area contributed by atoms with Crippen LogP contribution in [0.5, 0.6) is 0 Å². The fraction of sp³-hybridized carbons (Fsp3) is 0.150. The summed E-state index contributed by atoms with van der Waals surface area (Å²) in [6.07, 6.45) is 1.64. The van der Waals surface area contributed by atoms with E-state index in [2.05, 4.69) is 15.5 Å². The van der Waals surface area contributed by atoms with Crippen molar-refractivity contribution < 1.29 is 9.21 Å². The third kappa shape index (κ3) is 4.72. The smallest absolute Gasteiger partial charge is 0.234 e. The molecule has 0 radical (unpaired) electrons. The largest absolute Gasteiger partial charge is 0.467 e. The molecule has 4 rings (SSSR count). The van der Waals surface area contributed by atoms with Crippen LogP contribution in [0.1, 0.15) is 11.3 Å². The second kappa shape index (κ2) is 8.86. The van der Waals surface area contributed by atoms with E-state index in [1.165, 1.54) is 11.8 Å². The molecule has 0 fully saturated rings. The zero-order valence-corrected chi connectivity index (χ0v) is 17.9. The molecule has 1 N–H and O–H groups in total. The van der Waals surface area contributed by atoms with Crippen molar-refractivity contribution in [3.05, 3.63) is 70.5 Å². The number of carbonyl (C=O) groups is 1. The minimum atomic E-state index is -0.134. The molecular weight excluding hydrogens is 428 g/mol. The van der Waals surface area contributed by atoms with E-state index in [4.69, 9.17) is 16.0 Å². The van der Waals surface area contributed by atoms with E-state index in [9.17, 15) is 4.79 Å². The standard InChI is InChI=1S/C20H17ClN4O2S2/c1-13-6-7-14(21)10-16(13)22-18(26)12-29-20-24-23-19(17-5-3-9-28-17)25(20)11-15-4-2-8-27-15/h2-10H,11-12H2,1H3,(H,22,26). The number of halogens is 1. The first-order valence-corrected chi connectivity index (χ1v) is 11.0. The summed E-state index contributed by atoms with van der Waals surface area (Å²) in [5.41, 5.74) is 1.66. The fourth-order valence-corrected chi connectivity index (χ4v) is 4.36. The van der Waals surface area contributed by atoms with Crippen LogP contribution in [0.3, 0.4) is 0 Å². The number of hydrogen-bond donors (Lipinski definition) is 1. The average molecular weight is 445 g/mol. The first-order valence-electron chi connectivity index (χ1n) is 8.78. The third-order valence-corrected chi connectivity index (χ3v) is 6.23. The topological polar surface area (TPSA) is 73.0 Å². The molecule has 148 valence electrons. The van der Waals surface area contributed by atoms with Gasteiger partial charge in [0.15, 0.2) is 11.0 Å². The molecule has 3 heterocycles. The van der Waals surface area contributed by atoms with Crippen LogP contribution in [-0.4, -0.2) is 26.4 Å². The van der Waals surface area contributed by atoms with Crippen molar-refractivity contribution in [2.45, 2.75) is 18.6 Å². The monoisotopic (exact) mass is 444 g/mol.